The number of benzene rings is 2. The normalized spacial score (nSPS) is 11.2. The molecule has 1 amide bonds. The van der Waals surface area contributed by atoms with Gasteiger partial charge in [0.15, 0.2) is 0 Å². The Balaban J connectivity index is 2.33. The van der Waals surface area contributed by atoms with Crippen molar-refractivity contribution in [2.24, 2.45) is 0 Å². The lowest BCUT2D eigenvalue weighted by atomic mass is 10.1. The first kappa shape index (κ1) is 18.6. The summed E-state index contributed by atoms with van der Waals surface area (Å²) in [6.45, 7) is 1.86. The number of halogens is 2. The zero-order chi connectivity index (χ0) is 18.1. The molecule has 0 aromatic heterocycles. The largest absolute Gasteiger partial charge is 0.322 e. The first-order valence-electron chi connectivity index (χ1n) is 6.90. The van der Waals surface area contributed by atoms with Crippen LogP contribution < -0.4 is 9.62 Å². The van der Waals surface area contributed by atoms with E-state index >= 15 is 0 Å². The molecule has 2 aromatic carbocycles. The number of carbonyl (C=O) groups excluding carboxylic acids is 1. The second kappa shape index (κ2) is 7.01. The fourth-order valence-corrected chi connectivity index (χ4v) is 2.82. The van der Waals surface area contributed by atoms with E-state index in [4.69, 9.17) is 23.2 Å². The monoisotopic (exact) mass is 386 g/mol. The Morgan fingerprint density at radius 3 is 2.33 bits per heavy atom. The number of hydrogen-bond donors (Lipinski definition) is 1. The number of amides is 1. The van der Waals surface area contributed by atoms with Crippen LogP contribution in [0.4, 0.5) is 11.4 Å². The van der Waals surface area contributed by atoms with Gasteiger partial charge in [-0.3, -0.25) is 9.10 Å². The van der Waals surface area contributed by atoms with Gasteiger partial charge in [-0.1, -0.05) is 29.3 Å². The lowest BCUT2D eigenvalue weighted by Crippen LogP contribution is -2.25. The number of anilines is 2. The van der Waals surface area contributed by atoms with Gasteiger partial charge in [0, 0.05) is 17.8 Å². The third-order valence-electron chi connectivity index (χ3n) is 3.49. The van der Waals surface area contributed by atoms with Crippen LogP contribution in [-0.2, 0) is 10.0 Å². The van der Waals surface area contributed by atoms with E-state index in [1.807, 2.05) is 6.92 Å². The van der Waals surface area contributed by atoms with Crippen molar-refractivity contribution in [2.75, 3.05) is 22.9 Å². The lowest BCUT2D eigenvalue weighted by Gasteiger charge is -2.18. The predicted octanol–water partition coefficient (Wildman–Crippen LogP) is 3.95. The van der Waals surface area contributed by atoms with Crippen LogP contribution in [0.1, 0.15) is 15.9 Å². The van der Waals surface area contributed by atoms with E-state index in [2.05, 4.69) is 5.32 Å². The third kappa shape index (κ3) is 4.20. The molecule has 2 rings (SSSR count). The Morgan fingerprint density at radius 1 is 1.08 bits per heavy atom. The van der Waals surface area contributed by atoms with E-state index in [1.165, 1.54) is 25.2 Å². The minimum absolute atomic E-state index is 0.168. The van der Waals surface area contributed by atoms with Crippen LogP contribution in [0, 0.1) is 6.92 Å². The number of rotatable bonds is 4. The molecule has 0 bridgehead atoms. The first-order valence-corrected chi connectivity index (χ1v) is 9.51. The molecule has 0 aliphatic rings. The number of hydrogen-bond acceptors (Lipinski definition) is 3. The summed E-state index contributed by atoms with van der Waals surface area (Å²) < 4.78 is 24.3. The molecule has 0 spiro atoms. The van der Waals surface area contributed by atoms with E-state index < -0.39 is 15.9 Å². The van der Waals surface area contributed by atoms with Crippen molar-refractivity contribution in [1.29, 1.82) is 0 Å². The zero-order valence-corrected chi connectivity index (χ0v) is 15.6. The summed E-state index contributed by atoms with van der Waals surface area (Å²) in [6.07, 6.45) is 1.08. The van der Waals surface area contributed by atoms with Crippen molar-refractivity contribution < 1.29 is 13.2 Å². The van der Waals surface area contributed by atoms with Gasteiger partial charge in [-0.05, 0) is 42.8 Å². The van der Waals surface area contributed by atoms with Gasteiger partial charge >= 0.3 is 0 Å². The van der Waals surface area contributed by atoms with Gasteiger partial charge in [-0.15, -0.1) is 0 Å². The SMILES string of the molecule is Cc1ccc(NC(=O)c2cc(N(C)S(C)(=O)=O)ccc2Cl)cc1Cl. The lowest BCUT2D eigenvalue weighted by molar-refractivity contribution is 0.102. The van der Waals surface area contributed by atoms with Gasteiger partial charge < -0.3 is 5.32 Å². The molecule has 0 heterocycles. The highest BCUT2D eigenvalue weighted by Gasteiger charge is 2.17. The van der Waals surface area contributed by atoms with Crippen LogP contribution in [0.2, 0.25) is 10.0 Å². The average Bonchev–Trinajstić information content (AvgIpc) is 2.49. The Kier molecular flexibility index (Phi) is 5.42. The molecule has 0 aliphatic heterocycles. The molecule has 2 aromatic rings. The summed E-state index contributed by atoms with van der Waals surface area (Å²) in [6, 6.07) is 9.58. The average molecular weight is 387 g/mol. The Labute approximate surface area is 151 Å². The van der Waals surface area contributed by atoms with Crippen LogP contribution in [0.5, 0.6) is 0 Å². The van der Waals surface area contributed by atoms with Gasteiger partial charge in [0.05, 0.1) is 22.5 Å². The van der Waals surface area contributed by atoms with Crippen LogP contribution in [0.15, 0.2) is 36.4 Å². The summed E-state index contributed by atoms with van der Waals surface area (Å²) in [7, 11) is -2.04. The maximum atomic E-state index is 12.4. The molecule has 0 radical (unpaired) electrons. The second-order valence-electron chi connectivity index (χ2n) is 5.31. The number of aryl methyl sites for hydroxylation is 1. The standard InChI is InChI=1S/C16H16Cl2N2O3S/c1-10-4-5-11(8-15(10)18)19-16(21)13-9-12(6-7-14(13)17)20(2)24(3,22)23/h4-9H,1-3H3,(H,19,21). The Bertz CT molecular complexity index is 898. The van der Waals surface area contributed by atoms with Crippen LogP contribution >= 0.6 is 23.2 Å². The zero-order valence-electron chi connectivity index (χ0n) is 13.3. The Morgan fingerprint density at radius 2 is 1.75 bits per heavy atom. The van der Waals surface area contributed by atoms with E-state index in [0.717, 1.165) is 16.1 Å². The van der Waals surface area contributed by atoms with Crippen molar-refractivity contribution in [3.8, 4) is 0 Å². The highest BCUT2D eigenvalue weighted by atomic mass is 35.5. The maximum absolute atomic E-state index is 12.4. The van der Waals surface area contributed by atoms with Crippen LogP contribution in [-0.4, -0.2) is 27.6 Å². The molecular weight excluding hydrogens is 371 g/mol. The molecule has 1 N–H and O–H groups in total. The summed E-state index contributed by atoms with van der Waals surface area (Å²) >= 11 is 12.1. The van der Waals surface area contributed by atoms with E-state index in [9.17, 15) is 13.2 Å². The van der Waals surface area contributed by atoms with E-state index in [1.54, 1.807) is 18.2 Å². The summed E-state index contributed by atoms with van der Waals surface area (Å²) in [5.41, 5.74) is 1.92. The van der Waals surface area contributed by atoms with Crippen molar-refractivity contribution in [1.82, 2.24) is 0 Å². The highest BCUT2D eigenvalue weighted by molar-refractivity contribution is 7.92. The molecule has 0 unspecified atom stereocenters. The van der Waals surface area contributed by atoms with Gasteiger partial charge in [-0.25, -0.2) is 8.42 Å². The molecule has 0 saturated heterocycles. The molecule has 5 nitrogen and oxygen atoms in total. The molecule has 0 atom stereocenters. The van der Waals surface area contributed by atoms with Gasteiger partial charge in [0.1, 0.15) is 0 Å². The fourth-order valence-electron chi connectivity index (χ4n) is 1.94. The summed E-state index contributed by atoms with van der Waals surface area (Å²) in [5, 5.41) is 3.45. The number of nitrogens with one attached hydrogen (secondary N) is 1. The fraction of sp³-hybridized carbons (Fsp3) is 0.188. The minimum Gasteiger partial charge on any atom is -0.322 e. The maximum Gasteiger partial charge on any atom is 0.257 e. The first-order chi connectivity index (χ1) is 11.1. The van der Waals surface area contributed by atoms with Crippen molar-refractivity contribution in [3.63, 3.8) is 0 Å². The molecule has 0 fully saturated rings. The highest BCUT2D eigenvalue weighted by Crippen LogP contribution is 2.26. The van der Waals surface area contributed by atoms with E-state index in [-0.39, 0.29) is 10.6 Å². The van der Waals surface area contributed by atoms with Crippen molar-refractivity contribution in [2.45, 2.75) is 6.92 Å². The molecule has 0 saturated carbocycles. The predicted molar refractivity (Wildman–Crippen MR) is 98.8 cm³/mol. The third-order valence-corrected chi connectivity index (χ3v) is 5.43. The summed E-state index contributed by atoms with van der Waals surface area (Å²) in [4.78, 5) is 12.4. The van der Waals surface area contributed by atoms with Gasteiger partial charge in [-0.2, -0.15) is 0 Å². The topological polar surface area (TPSA) is 66.5 Å². The van der Waals surface area contributed by atoms with E-state index in [0.29, 0.717) is 16.4 Å². The van der Waals surface area contributed by atoms with Crippen molar-refractivity contribution >= 4 is 50.5 Å². The number of carbonyl (C=O) groups is 1. The smallest absolute Gasteiger partial charge is 0.257 e. The second-order valence-corrected chi connectivity index (χ2v) is 8.14. The molecule has 24 heavy (non-hydrogen) atoms. The molecule has 128 valence electrons. The van der Waals surface area contributed by atoms with Gasteiger partial charge in [0.2, 0.25) is 10.0 Å². The van der Waals surface area contributed by atoms with Crippen LogP contribution in [0.25, 0.3) is 0 Å². The molecule has 0 aliphatic carbocycles. The summed E-state index contributed by atoms with van der Waals surface area (Å²) in [5.74, 6) is -0.455. The van der Waals surface area contributed by atoms with Gasteiger partial charge in [0.25, 0.3) is 5.91 Å². The minimum atomic E-state index is -3.44. The van der Waals surface area contributed by atoms with Crippen LogP contribution in [0.3, 0.4) is 0 Å². The number of nitrogens with zero attached hydrogens (tertiary/aromatic N) is 1. The van der Waals surface area contributed by atoms with Crippen molar-refractivity contribution in [3.05, 3.63) is 57.6 Å². The quantitative estimate of drug-likeness (QED) is 0.864. The number of sulfonamides is 1. The molecular formula is C16H16Cl2N2O3S. The molecule has 8 heteroatoms. The Hall–Kier alpha value is -1.76.